The van der Waals surface area contributed by atoms with Crippen LogP contribution in [0.1, 0.15) is 12.5 Å². The van der Waals surface area contributed by atoms with Crippen molar-refractivity contribution in [3.05, 3.63) is 53.1 Å². The van der Waals surface area contributed by atoms with E-state index < -0.39 is 16.1 Å². The quantitative estimate of drug-likeness (QED) is 0.786. The number of carbonyl (C=O) groups is 1. The lowest BCUT2D eigenvalue weighted by atomic mass is 10.2. The molecule has 0 unspecified atom stereocenters. The van der Waals surface area contributed by atoms with Gasteiger partial charge >= 0.3 is 0 Å². The first-order valence-electron chi connectivity index (χ1n) is 7.97. The fourth-order valence-corrected chi connectivity index (χ4v) is 3.32. The van der Waals surface area contributed by atoms with Gasteiger partial charge < -0.3 is 10.6 Å². The van der Waals surface area contributed by atoms with E-state index in [1.54, 1.807) is 25.1 Å². The van der Waals surface area contributed by atoms with Crippen LogP contribution in [0.4, 0.5) is 11.4 Å². The van der Waals surface area contributed by atoms with Crippen molar-refractivity contribution in [3.8, 4) is 0 Å². The van der Waals surface area contributed by atoms with Crippen LogP contribution in [0.2, 0.25) is 5.02 Å². The summed E-state index contributed by atoms with van der Waals surface area (Å²) in [5, 5.41) is 6.41. The SMILES string of the molecule is Cc1ccc(N[C@H](C)C(=O)Nc2cccc(S(=O)(=O)N(C)C)c2)cc1Cl. The Hall–Kier alpha value is -2.09. The number of benzene rings is 2. The molecule has 0 saturated heterocycles. The molecule has 2 aromatic carbocycles. The van der Waals surface area contributed by atoms with Crippen LogP contribution in [0.5, 0.6) is 0 Å². The zero-order valence-electron chi connectivity index (χ0n) is 15.1. The molecule has 2 rings (SSSR count). The Morgan fingerprint density at radius 3 is 2.42 bits per heavy atom. The predicted molar refractivity (Wildman–Crippen MR) is 105 cm³/mol. The zero-order valence-corrected chi connectivity index (χ0v) is 16.6. The highest BCUT2D eigenvalue weighted by Gasteiger charge is 2.18. The Balaban J connectivity index is 2.10. The number of anilines is 2. The third-order valence-electron chi connectivity index (χ3n) is 3.83. The molecule has 0 aliphatic carbocycles. The van der Waals surface area contributed by atoms with Gasteiger partial charge in [-0.3, -0.25) is 4.79 Å². The number of nitrogens with one attached hydrogen (secondary N) is 2. The molecule has 26 heavy (non-hydrogen) atoms. The van der Waals surface area contributed by atoms with Crippen LogP contribution in [-0.2, 0) is 14.8 Å². The second-order valence-corrected chi connectivity index (χ2v) is 8.69. The van der Waals surface area contributed by atoms with E-state index in [-0.39, 0.29) is 10.8 Å². The molecule has 1 amide bonds. The minimum atomic E-state index is -3.56. The van der Waals surface area contributed by atoms with Crippen molar-refractivity contribution in [1.82, 2.24) is 4.31 Å². The Kier molecular flexibility index (Phi) is 6.28. The second kappa shape index (κ2) is 8.07. The van der Waals surface area contributed by atoms with Gasteiger partial charge in [-0.05, 0) is 49.7 Å². The Bertz CT molecular complexity index is 914. The van der Waals surface area contributed by atoms with Crippen LogP contribution >= 0.6 is 11.6 Å². The van der Waals surface area contributed by atoms with Gasteiger partial charge in [0, 0.05) is 30.5 Å². The number of aryl methyl sites for hydroxylation is 1. The number of hydrogen-bond acceptors (Lipinski definition) is 4. The molecule has 2 aromatic rings. The van der Waals surface area contributed by atoms with Crippen molar-refractivity contribution in [2.24, 2.45) is 0 Å². The van der Waals surface area contributed by atoms with Crippen LogP contribution in [-0.4, -0.2) is 38.8 Å². The molecule has 8 heteroatoms. The van der Waals surface area contributed by atoms with Crippen LogP contribution in [0.25, 0.3) is 0 Å². The summed E-state index contributed by atoms with van der Waals surface area (Å²) in [6, 6.07) is 11.1. The number of rotatable bonds is 6. The highest BCUT2D eigenvalue weighted by molar-refractivity contribution is 7.89. The summed E-state index contributed by atoms with van der Waals surface area (Å²) in [5.74, 6) is -0.291. The van der Waals surface area contributed by atoms with Gasteiger partial charge in [0.15, 0.2) is 0 Å². The Morgan fingerprint density at radius 2 is 1.81 bits per heavy atom. The third-order valence-corrected chi connectivity index (χ3v) is 6.05. The molecule has 0 aromatic heterocycles. The predicted octanol–water partition coefficient (Wildman–Crippen LogP) is 3.34. The van der Waals surface area contributed by atoms with E-state index in [9.17, 15) is 13.2 Å². The molecule has 0 spiro atoms. The average Bonchev–Trinajstić information content (AvgIpc) is 2.58. The Morgan fingerprint density at radius 1 is 1.12 bits per heavy atom. The maximum Gasteiger partial charge on any atom is 0.246 e. The molecule has 1 atom stereocenters. The molecule has 0 aliphatic rings. The lowest BCUT2D eigenvalue weighted by Gasteiger charge is -2.17. The van der Waals surface area contributed by atoms with E-state index in [4.69, 9.17) is 11.6 Å². The molecular weight excluding hydrogens is 374 g/mol. The fraction of sp³-hybridized carbons (Fsp3) is 0.278. The molecule has 140 valence electrons. The molecule has 0 bridgehead atoms. The minimum absolute atomic E-state index is 0.117. The largest absolute Gasteiger partial charge is 0.374 e. The van der Waals surface area contributed by atoms with Gasteiger partial charge in [0.25, 0.3) is 0 Å². The molecular formula is C18H22ClN3O3S. The number of halogens is 1. The van der Waals surface area contributed by atoms with Gasteiger partial charge in [-0.25, -0.2) is 12.7 Å². The van der Waals surface area contributed by atoms with Crippen molar-refractivity contribution in [2.45, 2.75) is 24.8 Å². The first-order chi connectivity index (χ1) is 12.1. The van der Waals surface area contributed by atoms with Crippen molar-refractivity contribution in [3.63, 3.8) is 0 Å². The van der Waals surface area contributed by atoms with E-state index in [0.29, 0.717) is 10.7 Å². The molecule has 0 fully saturated rings. The Labute approximate surface area is 159 Å². The standard InChI is InChI=1S/C18H22ClN3O3S/c1-12-8-9-15(11-17(12)19)20-13(2)18(23)21-14-6-5-7-16(10-14)26(24,25)22(3)4/h5-11,13,20H,1-4H3,(H,21,23)/t13-/m1/s1. The lowest BCUT2D eigenvalue weighted by molar-refractivity contribution is -0.116. The van der Waals surface area contributed by atoms with E-state index in [2.05, 4.69) is 10.6 Å². The van der Waals surface area contributed by atoms with E-state index in [1.165, 1.54) is 26.2 Å². The number of sulfonamides is 1. The normalized spacial score (nSPS) is 12.7. The van der Waals surface area contributed by atoms with Gasteiger partial charge in [-0.2, -0.15) is 0 Å². The highest BCUT2D eigenvalue weighted by Crippen LogP contribution is 2.21. The zero-order chi connectivity index (χ0) is 19.5. The molecule has 0 aliphatic heterocycles. The summed E-state index contributed by atoms with van der Waals surface area (Å²) in [7, 11) is -0.646. The molecule has 0 radical (unpaired) electrons. The van der Waals surface area contributed by atoms with Gasteiger partial charge in [0.05, 0.1) is 4.90 Å². The second-order valence-electron chi connectivity index (χ2n) is 6.13. The molecule has 0 saturated carbocycles. The van der Waals surface area contributed by atoms with Crippen LogP contribution in [0.3, 0.4) is 0 Å². The molecule has 0 heterocycles. The van der Waals surface area contributed by atoms with Crippen LogP contribution < -0.4 is 10.6 Å². The highest BCUT2D eigenvalue weighted by atomic mass is 35.5. The maximum absolute atomic E-state index is 12.4. The van der Waals surface area contributed by atoms with Gasteiger partial charge in [0.2, 0.25) is 15.9 Å². The lowest BCUT2D eigenvalue weighted by Crippen LogP contribution is -2.32. The maximum atomic E-state index is 12.4. The van der Waals surface area contributed by atoms with Crippen LogP contribution in [0, 0.1) is 6.92 Å². The van der Waals surface area contributed by atoms with Crippen molar-refractivity contribution < 1.29 is 13.2 Å². The number of hydrogen-bond donors (Lipinski definition) is 2. The average molecular weight is 396 g/mol. The number of nitrogens with zero attached hydrogens (tertiary/aromatic N) is 1. The van der Waals surface area contributed by atoms with Gasteiger partial charge in [0.1, 0.15) is 6.04 Å². The fourth-order valence-electron chi connectivity index (χ4n) is 2.19. The minimum Gasteiger partial charge on any atom is -0.374 e. The van der Waals surface area contributed by atoms with Crippen molar-refractivity contribution in [1.29, 1.82) is 0 Å². The van der Waals surface area contributed by atoms with Crippen molar-refractivity contribution in [2.75, 3.05) is 24.7 Å². The summed E-state index contributed by atoms with van der Waals surface area (Å²) >= 11 is 6.09. The molecule has 2 N–H and O–H groups in total. The summed E-state index contributed by atoms with van der Waals surface area (Å²) in [4.78, 5) is 12.5. The first-order valence-corrected chi connectivity index (χ1v) is 9.79. The smallest absolute Gasteiger partial charge is 0.246 e. The summed E-state index contributed by atoms with van der Waals surface area (Å²) in [6.07, 6.45) is 0. The summed E-state index contributed by atoms with van der Waals surface area (Å²) in [6.45, 7) is 3.61. The van der Waals surface area contributed by atoms with Crippen LogP contribution in [0.15, 0.2) is 47.4 Å². The van der Waals surface area contributed by atoms with E-state index in [1.807, 2.05) is 19.1 Å². The number of amides is 1. The van der Waals surface area contributed by atoms with Gasteiger partial charge in [-0.15, -0.1) is 0 Å². The first kappa shape index (κ1) is 20.2. The van der Waals surface area contributed by atoms with E-state index >= 15 is 0 Å². The third kappa shape index (κ3) is 4.75. The van der Waals surface area contributed by atoms with Crippen molar-refractivity contribution >= 4 is 38.9 Å². The number of carbonyl (C=O) groups excluding carboxylic acids is 1. The monoisotopic (exact) mass is 395 g/mol. The molecule has 6 nitrogen and oxygen atoms in total. The van der Waals surface area contributed by atoms with E-state index in [0.717, 1.165) is 15.6 Å². The van der Waals surface area contributed by atoms with Gasteiger partial charge in [-0.1, -0.05) is 23.7 Å². The summed E-state index contributed by atoms with van der Waals surface area (Å²) in [5.41, 5.74) is 2.09. The summed E-state index contributed by atoms with van der Waals surface area (Å²) < 4.78 is 25.5. The topological polar surface area (TPSA) is 78.5 Å².